The molecule has 0 spiro atoms. The third-order valence-corrected chi connectivity index (χ3v) is 4.15. The average Bonchev–Trinajstić information content (AvgIpc) is 2.52. The molecule has 0 saturated carbocycles. The second kappa shape index (κ2) is 6.05. The molecule has 0 saturated heterocycles. The fraction of sp³-hybridized carbons (Fsp3) is 0.467. The molecular weight excluding hydrogens is 250 g/mol. The topological polar surface area (TPSA) is 75.9 Å². The predicted octanol–water partition coefficient (Wildman–Crippen LogP) is 3.30. The molecule has 0 aliphatic rings. The summed E-state index contributed by atoms with van der Waals surface area (Å²) in [5.74, 6) is 6.74. The van der Waals surface area contributed by atoms with Gasteiger partial charge in [-0.2, -0.15) is 4.98 Å². The van der Waals surface area contributed by atoms with Crippen LogP contribution in [0.4, 0.5) is 11.8 Å². The summed E-state index contributed by atoms with van der Waals surface area (Å²) in [7, 11) is 0. The van der Waals surface area contributed by atoms with E-state index in [1.807, 2.05) is 24.3 Å². The van der Waals surface area contributed by atoms with Crippen molar-refractivity contribution < 1.29 is 0 Å². The zero-order valence-electron chi connectivity index (χ0n) is 12.4. The molecule has 4 N–H and O–H groups in total. The summed E-state index contributed by atoms with van der Waals surface area (Å²) in [6, 6.07) is 7.96. The van der Waals surface area contributed by atoms with Crippen LogP contribution in [-0.4, -0.2) is 15.5 Å². The first-order chi connectivity index (χ1) is 9.68. The zero-order chi connectivity index (χ0) is 14.6. The fourth-order valence-corrected chi connectivity index (χ4v) is 2.50. The van der Waals surface area contributed by atoms with Crippen LogP contribution >= 0.6 is 0 Å². The van der Waals surface area contributed by atoms with Crippen molar-refractivity contribution in [3.05, 3.63) is 24.3 Å². The van der Waals surface area contributed by atoms with Gasteiger partial charge in [0.15, 0.2) is 0 Å². The largest absolute Gasteiger partial charge is 0.364 e. The van der Waals surface area contributed by atoms with Crippen molar-refractivity contribution in [3.63, 3.8) is 0 Å². The van der Waals surface area contributed by atoms with Crippen LogP contribution in [0.15, 0.2) is 24.3 Å². The van der Waals surface area contributed by atoms with E-state index in [0.717, 1.165) is 36.0 Å². The van der Waals surface area contributed by atoms with Crippen LogP contribution in [0.25, 0.3) is 10.9 Å². The maximum atomic E-state index is 5.47. The number of anilines is 2. The minimum absolute atomic E-state index is 0.0585. The summed E-state index contributed by atoms with van der Waals surface area (Å²) in [6.45, 7) is 6.60. The van der Waals surface area contributed by atoms with Crippen molar-refractivity contribution in [1.29, 1.82) is 0 Å². The highest BCUT2D eigenvalue weighted by atomic mass is 15.3. The zero-order valence-corrected chi connectivity index (χ0v) is 12.4. The minimum atomic E-state index is 0.0585. The fourth-order valence-electron chi connectivity index (χ4n) is 2.50. The molecule has 0 fully saturated rings. The molecular formula is C15H23N5. The van der Waals surface area contributed by atoms with Crippen LogP contribution in [0.2, 0.25) is 0 Å². The minimum Gasteiger partial charge on any atom is -0.364 e. The second-order valence-electron chi connectivity index (χ2n) is 5.02. The van der Waals surface area contributed by atoms with E-state index < -0.39 is 0 Å². The lowest BCUT2D eigenvalue weighted by Crippen LogP contribution is -2.36. The number of para-hydroxylation sites is 1. The normalized spacial score (nSPS) is 11.6. The third kappa shape index (κ3) is 2.67. The number of rotatable bonds is 6. The number of hydrogen-bond donors (Lipinski definition) is 3. The van der Waals surface area contributed by atoms with Gasteiger partial charge in [-0.15, -0.1) is 0 Å². The number of hydrogen-bond acceptors (Lipinski definition) is 5. The molecule has 0 atom stereocenters. The lowest BCUT2D eigenvalue weighted by molar-refractivity contribution is 0.419. The van der Waals surface area contributed by atoms with Crippen LogP contribution < -0.4 is 16.6 Å². The van der Waals surface area contributed by atoms with E-state index in [-0.39, 0.29) is 5.54 Å². The molecule has 0 aliphatic carbocycles. The Kier molecular flexibility index (Phi) is 4.39. The molecule has 20 heavy (non-hydrogen) atoms. The summed E-state index contributed by atoms with van der Waals surface area (Å²) >= 11 is 0. The number of nitrogen functional groups attached to an aromatic ring is 1. The molecule has 0 aliphatic heterocycles. The molecule has 0 amide bonds. The van der Waals surface area contributed by atoms with Gasteiger partial charge in [-0.3, -0.25) is 5.43 Å². The van der Waals surface area contributed by atoms with Crippen LogP contribution in [-0.2, 0) is 0 Å². The third-order valence-electron chi connectivity index (χ3n) is 4.15. The lowest BCUT2D eigenvalue weighted by atomic mass is 9.89. The van der Waals surface area contributed by atoms with E-state index in [4.69, 9.17) is 5.84 Å². The van der Waals surface area contributed by atoms with Crippen molar-refractivity contribution in [2.75, 3.05) is 10.7 Å². The molecule has 1 aromatic heterocycles. The first-order valence-electron chi connectivity index (χ1n) is 7.19. The molecule has 0 unspecified atom stereocenters. The van der Waals surface area contributed by atoms with E-state index in [1.54, 1.807) is 0 Å². The van der Waals surface area contributed by atoms with Gasteiger partial charge in [0.1, 0.15) is 5.82 Å². The number of fused-ring (bicyclic) bond motifs is 1. The van der Waals surface area contributed by atoms with Gasteiger partial charge in [-0.25, -0.2) is 10.8 Å². The standard InChI is InChI=1S/C15H23N5/c1-4-15(5-2,6-3)19-13-11-9-7-8-10-12(11)17-14(18-13)20-16/h7-10H,4-6,16H2,1-3H3,(H2,17,18,19,20). The van der Waals surface area contributed by atoms with Crippen LogP contribution in [0.3, 0.4) is 0 Å². The average molecular weight is 273 g/mol. The molecule has 2 aromatic rings. The van der Waals surface area contributed by atoms with Gasteiger partial charge in [0.05, 0.1) is 5.52 Å². The van der Waals surface area contributed by atoms with Gasteiger partial charge in [-0.1, -0.05) is 32.9 Å². The first kappa shape index (κ1) is 14.5. The molecule has 5 heteroatoms. The van der Waals surface area contributed by atoms with Gasteiger partial charge < -0.3 is 5.32 Å². The number of aromatic nitrogens is 2. The quantitative estimate of drug-likeness (QED) is 0.556. The van der Waals surface area contributed by atoms with E-state index >= 15 is 0 Å². The maximum Gasteiger partial charge on any atom is 0.239 e. The van der Waals surface area contributed by atoms with Crippen LogP contribution in [0, 0.1) is 0 Å². The number of nitrogens with zero attached hydrogens (tertiary/aromatic N) is 2. The van der Waals surface area contributed by atoms with Crippen molar-refractivity contribution in [2.45, 2.75) is 45.6 Å². The van der Waals surface area contributed by atoms with Crippen LogP contribution in [0.5, 0.6) is 0 Å². The Morgan fingerprint density at radius 1 is 1.05 bits per heavy atom. The summed E-state index contributed by atoms with van der Waals surface area (Å²) in [5, 5.41) is 4.63. The van der Waals surface area contributed by atoms with E-state index in [9.17, 15) is 0 Å². The monoisotopic (exact) mass is 273 g/mol. The summed E-state index contributed by atoms with van der Waals surface area (Å²) in [6.07, 6.45) is 3.14. The Morgan fingerprint density at radius 2 is 1.70 bits per heavy atom. The molecule has 0 bridgehead atoms. The van der Waals surface area contributed by atoms with E-state index in [2.05, 4.69) is 41.5 Å². The number of nitrogens with one attached hydrogen (secondary N) is 2. The van der Waals surface area contributed by atoms with E-state index in [1.165, 1.54) is 0 Å². The first-order valence-corrected chi connectivity index (χ1v) is 7.19. The number of hydrazine groups is 1. The summed E-state index contributed by atoms with van der Waals surface area (Å²) in [4.78, 5) is 8.86. The number of benzene rings is 1. The van der Waals surface area contributed by atoms with E-state index in [0.29, 0.717) is 5.95 Å². The second-order valence-corrected chi connectivity index (χ2v) is 5.02. The van der Waals surface area contributed by atoms with Crippen molar-refractivity contribution in [1.82, 2.24) is 9.97 Å². The Morgan fingerprint density at radius 3 is 2.30 bits per heavy atom. The number of nitrogens with two attached hydrogens (primary N) is 1. The summed E-state index contributed by atoms with van der Waals surface area (Å²) in [5.41, 5.74) is 3.48. The van der Waals surface area contributed by atoms with Gasteiger partial charge >= 0.3 is 0 Å². The lowest BCUT2D eigenvalue weighted by Gasteiger charge is -2.32. The molecule has 108 valence electrons. The highest BCUT2D eigenvalue weighted by Crippen LogP contribution is 2.29. The van der Waals surface area contributed by atoms with Gasteiger partial charge in [0, 0.05) is 10.9 Å². The smallest absolute Gasteiger partial charge is 0.239 e. The Labute approximate surface area is 120 Å². The molecule has 5 nitrogen and oxygen atoms in total. The van der Waals surface area contributed by atoms with Crippen molar-refractivity contribution >= 4 is 22.7 Å². The summed E-state index contributed by atoms with van der Waals surface area (Å²) < 4.78 is 0. The Balaban J connectivity index is 2.52. The van der Waals surface area contributed by atoms with Crippen LogP contribution in [0.1, 0.15) is 40.0 Å². The van der Waals surface area contributed by atoms with Gasteiger partial charge in [-0.05, 0) is 31.4 Å². The van der Waals surface area contributed by atoms with Gasteiger partial charge in [0.2, 0.25) is 5.95 Å². The molecule has 2 rings (SSSR count). The highest BCUT2D eigenvalue weighted by molar-refractivity contribution is 5.90. The highest BCUT2D eigenvalue weighted by Gasteiger charge is 2.25. The SMILES string of the molecule is CCC(CC)(CC)Nc1nc(NN)nc2ccccc12. The Bertz CT molecular complexity index is 569. The Hall–Kier alpha value is -1.88. The predicted molar refractivity (Wildman–Crippen MR) is 84.6 cm³/mol. The molecule has 0 radical (unpaired) electrons. The molecule has 1 heterocycles. The maximum absolute atomic E-state index is 5.47. The van der Waals surface area contributed by atoms with Crippen molar-refractivity contribution in [3.8, 4) is 0 Å². The molecule has 1 aromatic carbocycles. The van der Waals surface area contributed by atoms with Gasteiger partial charge in [0.25, 0.3) is 0 Å². The van der Waals surface area contributed by atoms with Crippen molar-refractivity contribution in [2.24, 2.45) is 5.84 Å².